The van der Waals surface area contributed by atoms with Crippen molar-refractivity contribution in [3.8, 4) is 5.75 Å². The highest BCUT2D eigenvalue weighted by atomic mass is 16.6. The number of nitrogens with zero attached hydrogens (tertiary/aromatic N) is 1. The molecule has 0 aromatic carbocycles. The van der Waals surface area contributed by atoms with Gasteiger partial charge in [-0.05, 0) is 20.8 Å². The predicted molar refractivity (Wildman–Crippen MR) is 67.6 cm³/mol. The highest BCUT2D eigenvalue weighted by Gasteiger charge is 2.18. The van der Waals surface area contributed by atoms with Crippen LogP contribution < -0.4 is 10.1 Å². The molecule has 0 spiro atoms. The van der Waals surface area contributed by atoms with Crippen LogP contribution in [0.5, 0.6) is 5.75 Å². The van der Waals surface area contributed by atoms with Crippen molar-refractivity contribution >= 4 is 17.7 Å². The summed E-state index contributed by atoms with van der Waals surface area (Å²) in [7, 11) is 1.36. The van der Waals surface area contributed by atoms with E-state index >= 15 is 0 Å². The zero-order chi connectivity index (χ0) is 14.6. The largest absolute Gasteiger partial charge is 0.494 e. The first kappa shape index (κ1) is 14.7. The lowest BCUT2D eigenvalue weighted by Gasteiger charge is -2.20. The number of methoxy groups -OCH3 is 1. The fraction of sp³-hybridized carbons (Fsp3) is 0.417. The number of pyridine rings is 1. The van der Waals surface area contributed by atoms with Crippen LogP contribution in [0.25, 0.3) is 0 Å². The third kappa shape index (κ3) is 4.46. The molecule has 0 bridgehead atoms. The van der Waals surface area contributed by atoms with Crippen LogP contribution in [-0.2, 0) is 4.74 Å². The van der Waals surface area contributed by atoms with Gasteiger partial charge in [-0.25, -0.2) is 14.6 Å². The van der Waals surface area contributed by atoms with Gasteiger partial charge in [-0.3, -0.25) is 5.32 Å². The maximum Gasteiger partial charge on any atom is 0.412 e. The van der Waals surface area contributed by atoms with Gasteiger partial charge in [0.2, 0.25) is 0 Å². The van der Waals surface area contributed by atoms with Crippen LogP contribution in [0.4, 0.5) is 10.5 Å². The summed E-state index contributed by atoms with van der Waals surface area (Å²) in [6.45, 7) is 5.20. The molecular formula is C12H16N2O5. The topological polar surface area (TPSA) is 97.8 Å². The molecule has 0 aliphatic rings. The second-order valence-electron chi connectivity index (χ2n) is 4.70. The molecule has 0 atom stereocenters. The maximum absolute atomic E-state index is 11.6. The van der Waals surface area contributed by atoms with Crippen molar-refractivity contribution in [2.45, 2.75) is 26.4 Å². The minimum atomic E-state index is -1.18. The average Bonchev–Trinajstić information content (AvgIpc) is 2.26. The van der Waals surface area contributed by atoms with E-state index in [4.69, 9.17) is 14.6 Å². The van der Waals surface area contributed by atoms with E-state index in [1.54, 1.807) is 20.8 Å². The van der Waals surface area contributed by atoms with E-state index in [1.165, 1.54) is 19.4 Å². The molecule has 7 heteroatoms. The van der Waals surface area contributed by atoms with E-state index < -0.39 is 17.7 Å². The summed E-state index contributed by atoms with van der Waals surface area (Å²) in [5, 5.41) is 11.2. The molecule has 1 aromatic rings. The number of hydrogen-bond donors (Lipinski definition) is 2. The number of hydrogen-bond acceptors (Lipinski definition) is 5. The van der Waals surface area contributed by atoms with Gasteiger partial charge < -0.3 is 14.6 Å². The third-order valence-electron chi connectivity index (χ3n) is 1.94. The molecule has 104 valence electrons. The van der Waals surface area contributed by atoms with Crippen molar-refractivity contribution in [2.24, 2.45) is 0 Å². The van der Waals surface area contributed by atoms with Crippen molar-refractivity contribution < 1.29 is 24.2 Å². The van der Waals surface area contributed by atoms with E-state index in [1.807, 2.05) is 0 Å². The Labute approximate surface area is 110 Å². The molecule has 0 saturated carbocycles. The van der Waals surface area contributed by atoms with Crippen molar-refractivity contribution in [2.75, 3.05) is 12.4 Å². The van der Waals surface area contributed by atoms with E-state index in [9.17, 15) is 9.59 Å². The first-order chi connectivity index (χ1) is 8.73. The number of aromatic nitrogens is 1. The number of carboxylic acids is 1. The number of ether oxygens (including phenoxy) is 2. The normalized spacial score (nSPS) is 10.7. The molecule has 0 radical (unpaired) electrons. The van der Waals surface area contributed by atoms with E-state index in [0.29, 0.717) is 0 Å². The van der Waals surface area contributed by atoms with Gasteiger partial charge in [0.05, 0.1) is 13.3 Å². The lowest BCUT2D eigenvalue weighted by atomic mass is 10.2. The Morgan fingerprint density at radius 2 is 2.00 bits per heavy atom. The van der Waals surface area contributed by atoms with Crippen LogP contribution in [-0.4, -0.2) is 34.9 Å². The van der Waals surface area contributed by atoms with Gasteiger partial charge in [0, 0.05) is 6.07 Å². The van der Waals surface area contributed by atoms with Gasteiger partial charge in [0.1, 0.15) is 17.0 Å². The van der Waals surface area contributed by atoms with Crippen LogP contribution in [0.3, 0.4) is 0 Å². The molecule has 2 N–H and O–H groups in total. The second kappa shape index (κ2) is 5.55. The maximum atomic E-state index is 11.6. The fourth-order valence-electron chi connectivity index (χ4n) is 1.23. The minimum Gasteiger partial charge on any atom is -0.494 e. The standard InChI is InChI=1S/C12H16N2O5/c1-12(2,3)19-11(17)14-8-6-13-7(10(15)16)5-9(8)18-4/h5-6H,1-4H3,(H,14,17)(H,15,16). The van der Waals surface area contributed by atoms with Gasteiger partial charge in [0.15, 0.2) is 5.69 Å². The van der Waals surface area contributed by atoms with Crippen LogP contribution in [0.2, 0.25) is 0 Å². The number of carbonyl (C=O) groups excluding carboxylic acids is 1. The fourth-order valence-corrected chi connectivity index (χ4v) is 1.23. The molecule has 0 aliphatic carbocycles. The summed E-state index contributed by atoms with van der Waals surface area (Å²) in [6, 6.07) is 1.22. The van der Waals surface area contributed by atoms with Gasteiger partial charge in [-0.2, -0.15) is 0 Å². The summed E-state index contributed by atoms with van der Waals surface area (Å²) in [5.74, 6) is -0.986. The van der Waals surface area contributed by atoms with Crippen molar-refractivity contribution in [3.63, 3.8) is 0 Å². The van der Waals surface area contributed by atoms with Gasteiger partial charge >= 0.3 is 12.1 Å². The van der Waals surface area contributed by atoms with E-state index in [2.05, 4.69) is 10.3 Å². The lowest BCUT2D eigenvalue weighted by molar-refractivity contribution is 0.0634. The highest BCUT2D eigenvalue weighted by molar-refractivity contribution is 5.90. The molecule has 0 fully saturated rings. The summed E-state index contributed by atoms with van der Waals surface area (Å²) in [4.78, 5) is 26.0. The molecule has 0 aliphatic heterocycles. The monoisotopic (exact) mass is 268 g/mol. The van der Waals surface area contributed by atoms with Crippen molar-refractivity contribution in [1.29, 1.82) is 0 Å². The quantitative estimate of drug-likeness (QED) is 0.871. The lowest BCUT2D eigenvalue weighted by Crippen LogP contribution is -2.27. The number of anilines is 1. The van der Waals surface area contributed by atoms with Crippen LogP contribution in [0.1, 0.15) is 31.3 Å². The molecule has 0 unspecified atom stereocenters. The number of nitrogens with one attached hydrogen (secondary N) is 1. The molecule has 1 heterocycles. The molecule has 19 heavy (non-hydrogen) atoms. The molecular weight excluding hydrogens is 252 g/mol. The third-order valence-corrected chi connectivity index (χ3v) is 1.94. The summed E-state index contributed by atoms with van der Waals surface area (Å²) in [6.07, 6.45) is 0.530. The Kier molecular flexibility index (Phi) is 4.31. The van der Waals surface area contributed by atoms with Crippen LogP contribution >= 0.6 is 0 Å². The first-order valence-electron chi connectivity index (χ1n) is 5.50. The number of amides is 1. The van der Waals surface area contributed by atoms with Crippen LogP contribution in [0.15, 0.2) is 12.3 Å². The van der Waals surface area contributed by atoms with Gasteiger partial charge in [-0.15, -0.1) is 0 Å². The summed E-state index contributed by atoms with van der Waals surface area (Å²) < 4.78 is 10.1. The summed E-state index contributed by atoms with van der Waals surface area (Å²) >= 11 is 0. The minimum absolute atomic E-state index is 0.174. The Morgan fingerprint density at radius 3 is 2.47 bits per heavy atom. The number of rotatable bonds is 3. The van der Waals surface area contributed by atoms with Crippen molar-refractivity contribution in [1.82, 2.24) is 4.98 Å². The van der Waals surface area contributed by atoms with Gasteiger partial charge in [0.25, 0.3) is 0 Å². The van der Waals surface area contributed by atoms with Crippen LogP contribution in [0, 0.1) is 0 Å². The number of carboxylic acid groups (broad SMARTS) is 1. The molecule has 0 saturated heterocycles. The zero-order valence-electron chi connectivity index (χ0n) is 11.2. The van der Waals surface area contributed by atoms with Crippen molar-refractivity contribution in [3.05, 3.63) is 18.0 Å². The molecule has 1 amide bonds. The molecule has 7 nitrogen and oxygen atoms in total. The SMILES string of the molecule is COc1cc(C(=O)O)ncc1NC(=O)OC(C)(C)C. The number of carbonyl (C=O) groups is 2. The predicted octanol–water partition coefficient (Wildman–Crippen LogP) is 2.14. The Morgan fingerprint density at radius 1 is 1.37 bits per heavy atom. The van der Waals surface area contributed by atoms with E-state index in [0.717, 1.165) is 0 Å². The molecule has 1 rings (SSSR count). The smallest absolute Gasteiger partial charge is 0.412 e. The Balaban J connectivity index is 2.89. The highest BCUT2D eigenvalue weighted by Crippen LogP contribution is 2.24. The Bertz CT molecular complexity index is 493. The average molecular weight is 268 g/mol. The zero-order valence-corrected chi connectivity index (χ0v) is 11.2. The van der Waals surface area contributed by atoms with E-state index in [-0.39, 0.29) is 17.1 Å². The second-order valence-corrected chi connectivity index (χ2v) is 4.70. The first-order valence-corrected chi connectivity index (χ1v) is 5.50. The van der Waals surface area contributed by atoms with Gasteiger partial charge in [-0.1, -0.05) is 0 Å². The molecule has 1 aromatic heterocycles. The number of aromatic carboxylic acids is 1. The Hall–Kier alpha value is -2.31. The summed E-state index contributed by atoms with van der Waals surface area (Å²) in [5.41, 5.74) is -0.570.